The zero-order chi connectivity index (χ0) is 22.3. The molecule has 0 aliphatic carbocycles. The fraction of sp³-hybridized carbons (Fsp3) is 0.211. The van der Waals surface area contributed by atoms with Crippen molar-refractivity contribution in [2.75, 3.05) is 11.5 Å². The minimum absolute atomic E-state index is 0.00171. The summed E-state index contributed by atoms with van der Waals surface area (Å²) in [7, 11) is 0. The SMILES string of the molecule is C[C@]1(COc2ccc(Cl)c(F)c2)OC(=O)N(c2ccc(C#N)c(C(F)(F)F)c2)C1=O. The Morgan fingerprint density at radius 1 is 1.23 bits per heavy atom. The third-order valence-corrected chi connectivity index (χ3v) is 4.55. The van der Waals surface area contributed by atoms with E-state index in [0.717, 1.165) is 18.2 Å². The lowest BCUT2D eigenvalue weighted by molar-refractivity contribution is -0.137. The molecule has 1 aliphatic rings. The van der Waals surface area contributed by atoms with Crippen LogP contribution in [-0.2, 0) is 15.7 Å². The zero-order valence-corrected chi connectivity index (χ0v) is 15.8. The number of nitrogens with zero attached hydrogens (tertiary/aromatic N) is 2. The normalized spacial score (nSPS) is 18.9. The summed E-state index contributed by atoms with van der Waals surface area (Å²) in [6.45, 7) is 0.672. The van der Waals surface area contributed by atoms with Gasteiger partial charge in [-0.15, -0.1) is 0 Å². The van der Waals surface area contributed by atoms with Crippen LogP contribution in [0.25, 0.3) is 0 Å². The summed E-state index contributed by atoms with van der Waals surface area (Å²) in [6.07, 6.45) is -6.09. The average Bonchev–Trinajstić information content (AvgIpc) is 2.90. The van der Waals surface area contributed by atoms with Gasteiger partial charge >= 0.3 is 12.3 Å². The van der Waals surface area contributed by atoms with Crippen LogP contribution in [0.2, 0.25) is 5.02 Å². The summed E-state index contributed by atoms with van der Waals surface area (Å²) in [4.78, 5) is 25.4. The van der Waals surface area contributed by atoms with Gasteiger partial charge in [-0.25, -0.2) is 14.1 Å². The van der Waals surface area contributed by atoms with E-state index in [0.29, 0.717) is 11.0 Å². The highest BCUT2D eigenvalue weighted by Crippen LogP contribution is 2.37. The summed E-state index contributed by atoms with van der Waals surface area (Å²) in [5, 5.41) is 8.72. The number of carbonyl (C=O) groups is 2. The summed E-state index contributed by atoms with van der Waals surface area (Å²) in [5.74, 6) is -1.76. The number of anilines is 1. The molecule has 1 aliphatic heterocycles. The Morgan fingerprint density at radius 3 is 2.53 bits per heavy atom. The second-order valence-electron chi connectivity index (χ2n) is 6.44. The van der Waals surface area contributed by atoms with Crippen LogP contribution in [0.15, 0.2) is 36.4 Å². The van der Waals surface area contributed by atoms with E-state index in [-0.39, 0.29) is 10.8 Å². The van der Waals surface area contributed by atoms with Gasteiger partial charge in [-0.2, -0.15) is 18.4 Å². The Morgan fingerprint density at radius 2 is 1.93 bits per heavy atom. The van der Waals surface area contributed by atoms with Crippen LogP contribution in [0.3, 0.4) is 0 Å². The number of benzene rings is 2. The number of imide groups is 1. The standard InChI is InChI=1S/C19H11ClF4N2O4/c1-18(9-29-12-4-5-14(20)15(21)7-12)16(27)26(17(28)30-18)11-3-2-10(8-25)13(6-11)19(22,23)24/h2-7H,9H2,1H3/t18-/m1/s1. The molecule has 1 atom stereocenters. The fourth-order valence-electron chi connectivity index (χ4n) is 2.71. The Hall–Kier alpha value is -3.32. The molecule has 2 amide bonds. The first-order valence-electron chi connectivity index (χ1n) is 8.23. The second kappa shape index (κ2) is 7.50. The number of cyclic esters (lactones) is 1. The molecule has 2 aromatic carbocycles. The number of halogens is 5. The molecular formula is C19H11ClF4N2O4. The number of ether oxygens (including phenoxy) is 2. The van der Waals surface area contributed by atoms with Crippen LogP contribution in [0.4, 0.5) is 28.0 Å². The van der Waals surface area contributed by atoms with E-state index < -0.39 is 53.0 Å². The van der Waals surface area contributed by atoms with Crippen molar-refractivity contribution in [2.45, 2.75) is 18.7 Å². The Kier molecular flexibility index (Phi) is 5.34. The molecule has 0 aromatic heterocycles. The fourth-order valence-corrected chi connectivity index (χ4v) is 2.82. The molecular weight excluding hydrogens is 432 g/mol. The molecule has 30 heavy (non-hydrogen) atoms. The summed E-state index contributed by atoms with van der Waals surface area (Å²) < 4.78 is 63.4. The van der Waals surface area contributed by atoms with Crippen molar-refractivity contribution in [2.24, 2.45) is 0 Å². The van der Waals surface area contributed by atoms with Gasteiger partial charge in [0, 0.05) is 6.07 Å². The van der Waals surface area contributed by atoms with Crippen molar-refractivity contribution in [3.8, 4) is 11.8 Å². The molecule has 0 radical (unpaired) electrons. The molecule has 0 unspecified atom stereocenters. The van der Waals surface area contributed by atoms with Crippen molar-refractivity contribution in [3.63, 3.8) is 0 Å². The molecule has 0 saturated carbocycles. The topological polar surface area (TPSA) is 79.6 Å². The van der Waals surface area contributed by atoms with Crippen molar-refractivity contribution in [1.82, 2.24) is 0 Å². The summed E-state index contributed by atoms with van der Waals surface area (Å²) in [5.41, 5.74) is -4.26. The molecule has 0 N–H and O–H groups in total. The maximum Gasteiger partial charge on any atom is 0.422 e. The van der Waals surface area contributed by atoms with Gasteiger partial charge in [0.1, 0.15) is 18.2 Å². The van der Waals surface area contributed by atoms with Crippen LogP contribution >= 0.6 is 11.6 Å². The van der Waals surface area contributed by atoms with Crippen LogP contribution in [-0.4, -0.2) is 24.2 Å². The van der Waals surface area contributed by atoms with E-state index in [1.165, 1.54) is 25.1 Å². The average molecular weight is 443 g/mol. The van der Waals surface area contributed by atoms with E-state index in [9.17, 15) is 27.2 Å². The minimum Gasteiger partial charge on any atom is -0.489 e. The highest BCUT2D eigenvalue weighted by molar-refractivity contribution is 6.30. The minimum atomic E-state index is -4.88. The molecule has 156 valence electrons. The van der Waals surface area contributed by atoms with Gasteiger partial charge in [0.15, 0.2) is 0 Å². The predicted molar refractivity (Wildman–Crippen MR) is 95.4 cm³/mol. The maximum atomic E-state index is 13.5. The van der Waals surface area contributed by atoms with Gasteiger partial charge in [0.05, 0.1) is 27.9 Å². The van der Waals surface area contributed by atoms with Crippen LogP contribution in [0.5, 0.6) is 5.75 Å². The van der Waals surface area contributed by atoms with Crippen molar-refractivity contribution in [1.29, 1.82) is 5.26 Å². The monoisotopic (exact) mass is 442 g/mol. The number of carbonyl (C=O) groups excluding carboxylic acids is 2. The van der Waals surface area contributed by atoms with Gasteiger partial charge in [-0.3, -0.25) is 4.79 Å². The number of hydrogen-bond acceptors (Lipinski definition) is 5. The van der Waals surface area contributed by atoms with Gasteiger partial charge < -0.3 is 9.47 Å². The Balaban J connectivity index is 1.87. The number of rotatable bonds is 4. The van der Waals surface area contributed by atoms with Gasteiger partial charge in [0.2, 0.25) is 5.60 Å². The maximum absolute atomic E-state index is 13.5. The van der Waals surface area contributed by atoms with E-state index in [4.69, 9.17) is 26.3 Å². The van der Waals surface area contributed by atoms with Crippen LogP contribution in [0, 0.1) is 17.1 Å². The van der Waals surface area contributed by atoms with E-state index in [1.54, 1.807) is 0 Å². The molecule has 6 nitrogen and oxygen atoms in total. The Bertz CT molecular complexity index is 1080. The van der Waals surface area contributed by atoms with Gasteiger partial charge in [-0.05, 0) is 37.3 Å². The molecule has 1 saturated heterocycles. The number of nitriles is 1. The predicted octanol–water partition coefficient (Wildman–Crippen LogP) is 4.69. The third-order valence-electron chi connectivity index (χ3n) is 4.24. The lowest BCUT2D eigenvalue weighted by atomic mass is 10.0. The second-order valence-corrected chi connectivity index (χ2v) is 6.85. The Labute approximate surface area is 172 Å². The summed E-state index contributed by atoms with van der Waals surface area (Å²) in [6, 6.07) is 7.29. The van der Waals surface area contributed by atoms with Crippen molar-refractivity contribution < 1.29 is 36.6 Å². The lowest BCUT2D eigenvalue weighted by Gasteiger charge is -2.20. The molecule has 0 bridgehead atoms. The van der Waals surface area contributed by atoms with E-state index >= 15 is 0 Å². The number of amides is 2. The van der Waals surface area contributed by atoms with Gasteiger partial charge in [0.25, 0.3) is 5.91 Å². The first-order valence-corrected chi connectivity index (χ1v) is 8.61. The molecule has 11 heteroatoms. The number of hydrogen-bond donors (Lipinski definition) is 0. The third kappa shape index (κ3) is 3.89. The molecule has 1 fully saturated rings. The highest BCUT2D eigenvalue weighted by Gasteiger charge is 2.52. The lowest BCUT2D eigenvalue weighted by Crippen LogP contribution is -2.43. The first-order chi connectivity index (χ1) is 14.0. The van der Waals surface area contributed by atoms with Crippen molar-refractivity contribution >= 4 is 29.3 Å². The van der Waals surface area contributed by atoms with Crippen molar-refractivity contribution in [3.05, 3.63) is 58.4 Å². The van der Waals surface area contributed by atoms with E-state index in [1.807, 2.05) is 0 Å². The highest BCUT2D eigenvalue weighted by atomic mass is 35.5. The number of alkyl halides is 3. The summed E-state index contributed by atoms with van der Waals surface area (Å²) >= 11 is 5.57. The molecule has 3 rings (SSSR count). The molecule has 1 heterocycles. The largest absolute Gasteiger partial charge is 0.489 e. The van der Waals surface area contributed by atoms with Gasteiger partial charge in [-0.1, -0.05) is 11.6 Å². The van der Waals surface area contributed by atoms with Crippen LogP contribution < -0.4 is 9.64 Å². The first kappa shape index (κ1) is 21.4. The molecule has 0 spiro atoms. The smallest absolute Gasteiger partial charge is 0.422 e. The van der Waals surface area contributed by atoms with E-state index in [2.05, 4.69) is 0 Å². The zero-order valence-electron chi connectivity index (χ0n) is 15.1. The van der Waals surface area contributed by atoms with Crippen LogP contribution in [0.1, 0.15) is 18.1 Å². The quantitative estimate of drug-likeness (QED) is 0.642. The molecule has 2 aromatic rings.